The first-order valence-electron chi connectivity index (χ1n) is 4.78. The zero-order valence-corrected chi connectivity index (χ0v) is 10.3. The van der Waals surface area contributed by atoms with Gasteiger partial charge < -0.3 is 14.5 Å². The molecule has 1 aliphatic rings. The second-order valence-electron chi connectivity index (χ2n) is 4.57. The third-order valence-corrected chi connectivity index (χ3v) is 2.60. The first kappa shape index (κ1) is 13.4. The number of phosphoric ester groups is 1. The number of hydrogen-bond donors (Lipinski definition) is 2. The lowest BCUT2D eigenvalue weighted by molar-refractivity contribution is 0.0858. The fourth-order valence-electron chi connectivity index (χ4n) is 1.34. The van der Waals surface area contributed by atoms with E-state index in [1.54, 1.807) is 0 Å². The van der Waals surface area contributed by atoms with Gasteiger partial charge in [0.05, 0.1) is 13.2 Å². The van der Waals surface area contributed by atoms with E-state index in [1.807, 2.05) is 20.8 Å². The molecule has 0 spiro atoms. The van der Waals surface area contributed by atoms with Gasteiger partial charge in [0.15, 0.2) is 0 Å². The lowest BCUT2D eigenvalue weighted by Crippen LogP contribution is -2.42. The highest BCUT2D eigenvalue weighted by atomic mass is 31.2. The van der Waals surface area contributed by atoms with Crippen LogP contribution >= 0.6 is 7.82 Å². The van der Waals surface area contributed by atoms with Crippen molar-refractivity contribution >= 4 is 13.9 Å². The molecule has 1 atom stereocenters. The highest BCUT2D eigenvalue weighted by Gasteiger charge is 2.38. The minimum absolute atomic E-state index is 0.266. The first-order valence-corrected chi connectivity index (χ1v) is 6.31. The molecule has 0 aliphatic carbocycles. The molecule has 1 aliphatic heterocycles. The molecule has 0 aromatic carbocycles. The van der Waals surface area contributed by atoms with Gasteiger partial charge in [0.1, 0.15) is 6.10 Å². The van der Waals surface area contributed by atoms with Gasteiger partial charge in [-0.3, -0.25) is 9.42 Å². The van der Waals surface area contributed by atoms with E-state index in [-0.39, 0.29) is 18.7 Å². The van der Waals surface area contributed by atoms with Gasteiger partial charge in [0, 0.05) is 5.54 Å². The summed E-state index contributed by atoms with van der Waals surface area (Å²) in [6, 6.07) is 0. The van der Waals surface area contributed by atoms with E-state index in [0.29, 0.717) is 0 Å². The minimum Gasteiger partial charge on any atom is -0.442 e. The maximum absolute atomic E-state index is 11.4. The van der Waals surface area contributed by atoms with Gasteiger partial charge in [0.2, 0.25) is 0 Å². The summed E-state index contributed by atoms with van der Waals surface area (Å²) in [5, 5.41) is 0. The van der Waals surface area contributed by atoms with Gasteiger partial charge in [-0.2, -0.15) is 0 Å². The van der Waals surface area contributed by atoms with Crippen molar-refractivity contribution in [2.45, 2.75) is 32.4 Å². The quantitative estimate of drug-likeness (QED) is 0.719. The maximum atomic E-state index is 11.4. The SMILES string of the molecule is CC(C)(C)N1CC(COP(=O)(O)O)OC1=O. The van der Waals surface area contributed by atoms with Crippen LogP contribution in [0.25, 0.3) is 0 Å². The van der Waals surface area contributed by atoms with Crippen molar-refractivity contribution < 1.29 is 28.4 Å². The van der Waals surface area contributed by atoms with Crippen molar-refractivity contribution in [3.05, 3.63) is 0 Å². The number of carbonyl (C=O) groups is 1. The van der Waals surface area contributed by atoms with Crippen molar-refractivity contribution in [1.82, 2.24) is 4.90 Å². The van der Waals surface area contributed by atoms with Gasteiger partial charge in [-0.15, -0.1) is 0 Å². The Hall–Kier alpha value is -0.620. The molecule has 0 aromatic heterocycles. The Bertz CT molecular complexity index is 319. The predicted molar refractivity (Wildman–Crippen MR) is 54.7 cm³/mol. The number of hydrogen-bond acceptors (Lipinski definition) is 4. The molecular weight excluding hydrogens is 237 g/mol. The van der Waals surface area contributed by atoms with Crippen LogP contribution in [-0.4, -0.2) is 45.6 Å². The fourth-order valence-corrected chi connectivity index (χ4v) is 1.70. The lowest BCUT2D eigenvalue weighted by atomic mass is 10.1. The summed E-state index contributed by atoms with van der Waals surface area (Å²) in [7, 11) is -4.51. The van der Waals surface area contributed by atoms with Crippen LogP contribution < -0.4 is 0 Å². The highest BCUT2D eigenvalue weighted by molar-refractivity contribution is 7.46. The topological polar surface area (TPSA) is 96.3 Å². The van der Waals surface area contributed by atoms with Crippen LogP contribution in [0.15, 0.2) is 0 Å². The number of phosphoric acid groups is 1. The lowest BCUT2D eigenvalue weighted by Gasteiger charge is -2.29. The van der Waals surface area contributed by atoms with Crippen molar-refractivity contribution in [3.63, 3.8) is 0 Å². The molecule has 1 saturated heterocycles. The van der Waals surface area contributed by atoms with E-state index < -0.39 is 20.0 Å². The Morgan fingerprint density at radius 1 is 1.56 bits per heavy atom. The number of rotatable bonds is 3. The molecule has 0 saturated carbocycles. The zero-order valence-electron chi connectivity index (χ0n) is 9.41. The number of carbonyl (C=O) groups excluding carboxylic acids is 1. The molecule has 1 fully saturated rings. The standard InChI is InChI=1S/C8H16NO6P/c1-8(2,3)9-4-6(15-7(9)10)5-14-16(11,12)13/h6H,4-5H2,1-3H3,(H2,11,12,13). The molecule has 0 radical (unpaired) electrons. The molecule has 7 nitrogen and oxygen atoms in total. The van der Waals surface area contributed by atoms with Crippen molar-refractivity contribution in [1.29, 1.82) is 0 Å². The Morgan fingerprint density at radius 3 is 2.50 bits per heavy atom. The van der Waals surface area contributed by atoms with Crippen LogP contribution in [0.2, 0.25) is 0 Å². The summed E-state index contributed by atoms with van der Waals surface area (Å²) in [6.45, 7) is 5.51. The molecule has 2 N–H and O–H groups in total. The van der Waals surface area contributed by atoms with Crippen LogP contribution in [-0.2, 0) is 13.8 Å². The smallest absolute Gasteiger partial charge is 0.442 e. The van der Waals surface area contributed by atoms with Crippen LogP contribution in [0.5, 0.6) is 0 Å². The van der Waals surface area contributed by atoms with E-state index in [2.05, 4.69) is 4.52 Å². The Kier molecular flexibility index (Phi) is 3.64. The van der Waals surface area contributed by atoms with Crippen molar-refractivity contribution in [3.8, 4) is 0 Å². The van der Waals surface area contributed by atoms with Gasteiger partial charge in [-0.1, -0.05) is 0 Å². The third-order valence-electron chi connectivity index (χ3n) is 2.11. The molecule has 1 amide bonds. The van der Waals surface area contributed by atoms with E-state index in [4.69, 9.17) is 14.5 Å². The van der Waals surface area contributed by atoms with Crippen molar-refractivity contribution in [2.75, 3.05) is 13.2 Å². The molecule has 0 bridgehead atoms. The molecule has 16 heavy (non-hydrogen) atoms. The summed E-state index contributed by atoms with van der Waals surface area (Å²) in [6.07, 6.45) is -1.13. The van der Waals surface area contributed by atoms with Gasteiger partial charge >= 0.3 is 13.9 Å². The molecule has 1 rings (SSSR count). The number of cyclic esters (lactones) is 1. The summed E-state index contributed by atoms with van der Waals surface area (Å²) in [5.41, 5.74) is -0.381. The Morgan fingerprint density at radius 2 is 2.12 bits per heavy atom. The minimum atomic E-state index is -4.51. The van der Waals surface area contributed by atoms with E-state index in [9.17, 15) is 9.36 Å². The average Bonchev–Trinajstić information content (AvgIpc) is 2.41. The molecule has 0 aromatic rings. The number of amides is 1. The molecular formula is C8H16NO6P. The van der Waals surface area contributed by atoms with Crippen LogP contribution in [0, 0.1) is 0 Å². The van der Waals surface area contributed by atoms with Gasteiger partial charge in [-0.05, 0) is 20.8 Å². The van der Waals surface area contributed by atoms with E-state index in [0.717, 1.165) is 0 Å². The zero-order chi connectivity index (χ0) is 12.6. The summed E-state index contributed by atoms with van der Waals surface area (Å²) >= 11 is 0. The Balaban J connectivity index is 2.51. The Labute approximate surface area is 93.6 Å². The predicted octanol–water partition coefficient (Wildman–Crippen LogP) is 0.715. The third kappa shape index (κ3) is 3.75. The second kappa shape index (κ2) is 4.33. The number of ether oxygens (including phenoxy) is 1. The molecule has 94 valence electrons. The maximum Gasteiger partial charge on any atom is 0.469 e. The van der Waals surface area contributed by atoms with Gasteiger partial charge in [0.25, 0.3) is 0 Å². The summed E-state index contributed by atoms with van der Waals surface area (Å²) < 4.78 is 19.7. The van der Waals surface area contributed by atoms with E-state index in [1.165, 1.54) is 4.90 Å². The van der Waals surface area contributed by atoms with Crippen molar-refractivity contribution in [2.24, 2.45) is 0 Å². The molecule has 1 heterocycles. The largest absolute Gasteiger partial charge is 0.469 e. The first-order chi connectivity index (χ1) is 7.09. The van der Waals surface area contributed by atoms with Crippen LogP contribution in [0.3, 0.4) is 0 Å². The highest BCUT2D eigenvalue weighted by Crippen LogP contribution is 2.36. The van der Waals surface area contributed by atoms with E-state index >= 15 is 0 Å². The average molecular weight is 253 g/mol. The van der Waals surface area contributed by atoms with Gasteiger partial charge in [-0.25, -0.2) is 9.36 Å². The van der Waals surface area contributed by atoms with Crippen LogP contribution in [0.4, 0.5) is 4.79 Å². The molecule has 1 unspecified atom stereocenters. The normalized spacial score (nSPS) is 22.4. The second-order valence-corrected chi connectivity index (χ2v) is 5.81. The van der Waals surface area contributed by atoms with Crippen LogP contribution in [0.1, 0.15) is 20.8 Å². The summed E-state index contributed by atoms with van der Waals surface area (Å²) in [5.74, 6) is 0. The number of nitrogens with zero attached hydrogens (tertiary/aromatic N) is 1. The monoisotopic (exact) mass is 253 g/mol. The summed E-state index contributed by atoms with van der Waals surface area (Å²) in [4.78, 5) is 29.9. The molecule has 8 heteroatoms. The fraction of sp³-hybridized carbons (Fsp3) is 0.875.